The van der Waals surface area contributed by atoms with Gasteiger partial charge in [0.25, 0.3) is 0 Å². The van der Waals surface area contributed by atoms with Crippen molar-refractivity contribution in [2.24, 2.45) is 11.8 Å². The SMILES string of the molecule is OC(C1CCCCC1)C1CCc2ccccc2C1. The number of aliphatic hydroxyl groups is 1. The molecule has 2 unspecified atom stereocenters. The van der Waals surface area contributed by atoms with Gasteiger partial charge in [-0.1, -0.05) is 43.5 Å². The van der Waals surface area contributed by atoms with E-state index in [2.05, 4.69) is 24.3 Å². The molecule has 2 aliphatic rings. The topological polar surface area (TPSA) is 20.2 Å². The van der Waals surface area contributed by atoms with Gasteiger partial charge < -0.3 is 5.11 Å². The Bertz CT molecular complexity index is 392. The van der Waals surface area contributed by atoms with Gasteiger partial charge >= 0.3 is 0 Å². The highest BCUT2D eigenvalue weighted by Gasteiger charge is 2.31. The van der Waals surface area contributed by atoms with Crippen molar-refractivity contribution in [3.8, 4) is 0 Å². The Balaban J connectivity index is 1.67. The lowest BCUT2D eigenvalue weighted by Crippen LogP contribution is -2.34. The molecule has 0 spiro atoms. The normalized spacial score (nSPS) is 26.6. The smallest absolute Gasteiger partial charge is 0.0599 e. The summed E-state index contributed by atoms with van der Waals surface area (Å²) in [6.45, 7) is 0. The van der Waals surface area contributed by atoms with Gasteiger partial charge in [0.1, 0.15) is 0 Å². The zero-order valence-electron chi connectivity index (χ0n) is 11.1. The first-order valence-electron chi connectivity index (χ1n) is 7.59. The third kappa shape index (κ3) is 2.47. The maximum atomic E-state index is 10.6. The minimum absolute atomic E-state index is 0.0568. The molecule has 1 N–H and O–H groups in total. The molecule has 2 aliphatic carbocycles. The second kappa shape index (κ2) is 5.44. The summed E-state index contributed by atoms with van der Waals surface area (Å²) >= 11 is 0. The third-order valence-corrected chi connectivity index (χ3v) is 5.00. The molecule has 1 fully saturated rings. The average Bonchev–Trinajstić information content (AvgIpc) is 2.47. The highest BCUT2D eigenvalue weighted by Crippen LogP contribution is 2.35. The van der Waals surface area contributed by atoms with Gasteiger partial charge in [0.05, 0.1) is 6.10 Å². The molecule has 1 heteroatoms. The van der Waals surface area contributed by atoms with Crippen molar-refractivity contribution in [2.45, 2.75) is 57.5 Å². The third-order valence-electron chi connectivity index (χ3n) is 5.00. The van der Waals surface area contributed by atoms with E-state index in [0.29, 0.717) is 11.8 Å². The Labute approximate surface area is 110 Å². The van der Waals surface area contributed by atoms with E-state index in [4.69, 9.17) is 0 Å². The summed E-state index contributed by atoms with van der Waals surface area (Å²) in [5.74, 6) is 1.08. The van der Waals surface area contributed by atoms with E-state index >= 15 is 0 Å². The summed E-state index contributed by atoms with van der Waals surface area (Å²) in [5.41, 5.74) is 2.98. The average molecular weight is 244 g/mol. The van der Waals surface area contributed by atoms with Gasteiger partial charge in [0.2, 0.25) is 0 Å². The number of hydrogen-bond donors (Lipinski definition) is 1. The van der Waals surface area contributed by atoms with Gasteiger partial charge in [-0.2, -0.15) is 0 Å². The maximum absolute atomic E-state index is 10.6. The van der Waals surface area contributed by atoms with Gasteiger partial charge in [0.15, 0.2) is 0 Å². The molecule has 1 aromatic rings. The predicted octanol–water partition coefficient (Wildman–Crippen LogP) is 3.73. The lowest BCUT2D eigenvalue weighted by atomic mass is 9.74. The fourth-order valence-electron chi connectivity index (χ4n) is 3.88. The van der Waals surface area contributed by atoms with E-state index in [0.717, 1.165) is 12.8 Å². The lowest BCUT2D eigenvalue weighted by molar-refractivity contribution is 0.0278. The number of fused-ring (bicyclic) bond motifs is 1. The Morgan fingerprint density at radius 2 is 1.61 bits per heavy atom. The van der Waals surface area contributed by atoms with E-state index in [1.54, 1.807) is 0 Å². The standard InChI is InChI=1S/C17H24O/c18-17(14-7-2-1-3-8-14)16-11-10-13-6-4-5-9-15(13)12-16/h4-6,9,14,16-18H,1-3,7-8,10-12H2. The zero-order chi connectivity index (χ0) is 12.4. The molecule has 0 bridgehead atoms. The molecule has 18 heavy (non-hydrogen) atoms. The van der Waals surface area contributed by atoms with Crippen molar-refractivity contribution in [3.05, 3.63) is 35.4 Å². The predicted molar refractivity (Wildman–Crippen MR) is 74.5 cm³/mol. The molecular weight excluding hydrogens is 220 g/mol. The van der Waals surface area contributed by atoms with Crippen molar-refractivity contribution < 1.29 is 5.11 Å². The molecule has 1 saturated carbocycles. The second-order valence-electron chi connectivity index (χ2n) is 6.16. The van der Waals surface area contributed by atoms with Crippen molar-refractivity contribution in [1.82, 2.24) is 0 Å². The molecule has 0 aromatic heterocycles. The monoisotopic (exact) mass is 244 g/mol. The molecule has 0 amide bonds. The summed E-state index contributed by atoms with van der Waals surface area (Å²) in [4.78, 5) is 0. The highest BCUT2D eigenvalue weighted by molar-refractivity contribution is 5.29. The Hall–Kier alpha value is -0.820. The number of hydrogen-bond acceptors (Lipinski definition) is 1. The molecule has 0 heterocycles. The second-order valence-corrected chi connectivity index (χ2v) is 6.16. The van der Waals surface area contributed by atoms with Gasteiger partial charge in [-0.3, -0.25) is 0 Å². The molecule has 1 nitrogen and oxygen atoms in total. The van der Waals surface area contributed by atoms with Crippen molar-refractivity contribution >= 4 is 0 Å². The number of benzene rings is 1. The van der Waals surface area contributed by atoms with Crippen LogP contribution in [0.1, 0.15) is 49.7 Å². The first-order chi connectivity index (χ1) is 8.84. The summed E-state index contributed by atoms with van der Waals surface area (Å²) in [5, 5.41) is 10.6. The lowest BCUT2D eigenvalue weighted by Gasteiger charge is -2.35. The summed E-state index contributed by atoms with van der Waals surface area (Å²) in [7, 11) is 0. The number of aliphatic hydroxyl groups excluding tert-OH is 1. The van der Waals surface area contributed by atoms with Crippen LogP contribution in [-0.2, 0) is 12.8 Å². The molecule has 2 atom stereocenters. The molecule has 3 rings (SSSR count). The van der Waals surface area contributed by atoms with Gasteiger partial charge in [-0.15, -0.1) is 0 Å². The largest absolute Gasteiger partial charge is 0.393 e. The van der Waals surface area contributed by atoms with Crippen LogP contribution in [0.15, 0.2) is 24.3 Å². The number of rotatable bonds is 2. The fraction of sp³-hybridized carbons (Fsp3) is 0.647. The number of aryl methyl sites for hydroxylation is 1. The van der Waals surface area contributed by atoms with E-state index in [-0.39, 0.29) is 6.10 Å². The summed E-state index contributed by atoms with van der Waals surface area (Å²) in [6.07, 6.45) is 9.89. The fourth-order valence-corrected chi connectivity index (χ4v) is 3.88. The van der Waals surface area contributed by atoms with E-state index in [9.17, 15) is 5.11 Å². The van der Waals surface area contributed by atoms with E-state index < -0.39 is 0 Å². The van der Waals surface area contributed by atoms with Crippen LogP contribution in [0.4, 0.5) is 0 Å². The van der Waals surface area contributed by atoms with Crippen molar-refractivity contribution in [2.75, 3.05) is 0 Å². The van der Waals surface area contributed by atoms with Crippen LogP contribution >= 0.6 is 0 Å². The Kier molecular flexibility index (Phi) is 3.69. The molecule has 0 saturated heterocycles. The minimum Gasteiger partial charge on any atom is -0.393 e. The van der Waals surface area contributed by atoms with Crippen LogP contribution in [0.3, 0.4) is 0 Å². The Morgan fingerprint density at radius 1 is 0.889 bits per heavy atom. The van der Waals surface area contributed by atoms with Crippen LogP contribution in [0.5, 0.6) is 0 Å². The molecule has 0 aliphatic heterocycles. The molecule has 98 valence electrons. The zero-order valence-corrected chi connectivity index (χ0v) is 11.1. The molecule has 1 aromatic carbocycles. The molecule has 0 radical (unpaired) electrons. The van der Waals surface area contributed by atoms with Crippen LogP contribution in [0.25, 0.3) is 0 Å². The minimum atomic E-state index is -0.0568. The van der Waals surface area contributed by atoms with Gasteiger partial charge in [-0.25, -0.2) is 0 Å². The van der Waals surface area contributed by atoms with Gasteiger partial charge in [0, 0.05) is 0 Å². The molecular formula is C17H24O. The van der Waals surface area contributed by atoms with Crippen LogP contribution in [0.2, 0.25) is 0 Å². The van der Waals surface area contributed by atoms with Crippen LogP contribution in [0, 0.1) is 11.8 Å². The van der Waals surface area contributed by atoms with Crippen molar-refractivity contribution in [3.63, 3.8) is 0 Å². The first kappa shape index (κ1) is 12.2. The maximum Gasteiger partial charge on any atom is 0.0599 e. The summed E-state index contributed by atoms with van der Waals surface area (Å²) < 4.78 is 0. The van der Waals surface area contributed by atoms with E-state index in [1.807, 2.05) is 0 Å². The van der Waals surface area contributed by atoms with E-state index in [1.165, 1.54) is 49.7 Å². The van der Waals surface area contributed by atoms with Crippen LogP contribution < -0.4 is 0 Å². The Morgan fingerprint density at radius 3 is 2.39 bits per heavy atom. The van der Waals surface area contributed by atoms with Gasteiger partial charge in [-0.05, 0) is 55.1 Å². The first-order valence-corrected chi connectivity index (χ1v) is 7.59. The highest BCUT2D eigenvalue weighted by atomic mass is 16.3. The van der Waals surface area contributed by atoms with Crippen LogP contribution in [-0.4, -0.2) is 11.2 Å². The quantitative estimate of drug-likeness (QED) is 0.840. The summed E-state index contributed by atoms with van der Waals surface area (Å²) in [6, 6.07) is 8.76. The van der Waals surface area contributed by atoms with Crippen molar-refractivity contribution in [1.29, 1.82) is 0 Å².